The van der Waals surface area contributed by atoms with Gasteiger partial charge in [0, 0.05) is 21.8 Å². The van der Waals surface area contributed by atoms with Gasteiger partial charge in [-0.3, -0.25) is 0 Å². The molecule has 14 rings (SSSR count). The summed E-state index contributed by atoms with van der Waals surface area (Å²) in [6.07, 6.45) is 0. The number of benzene rings is 12. The molecular weight excluding hydrogens is 974 g/mol. The van der Waals surface area contributed by atoms with Gasteiger partial charge >= 0.3 is 272 Å². The molecule has 0 atom stereocenters. The van der Waals surface area contributed by atoms with Crippen LogP contribution in [-0.4, -0.2) is 22.4 Å². The van der Waals surface area contributed by atoms with Gasteiger partial charge in [0.25, 0.3) is 0 Å². The minimum absolute atomic E-state index is 0.262. The van der Waals surface area contributed by atoms with E-state index in [9.17, 15) is 4.39 Å². The first-order valence-corrected chi connectivity index (χ1v) is 29.8. The van der Waals surface area contributed by atoms with Crippen LogP contribution in [0.5, 0.6) is 0 Å². The summed E-state index contributed by atoms with van der Waals surface area (Å²) in [6.45, 7) is 0. The van der Waals surface area contributed by atoms with Crippen molar-refractivity contribution in [2.24, 2.45) is 0 Å². The summed E-state index contributed by atoms with van der Waals surface area (Å²) in [5.41, 5.74) is 11.9. The first-order chi connectivity index (χ1) is 37.1. The second-order valence-electron chi connectivity index (χ2n) is 19.4. The van der Waals surface area contributed by atoms with Crippen molar-refractivity contribution in [1.82, 2.24) is 9.13 Å². The number of fused-ring (bicyclic) bond motifs is 7. The number of hydrogen-bond donors (Lipinski definition) is 0. The molecule has 0 spiro atoms. The molecule has 2 aromatic heterocycles. The SMILES string of the molecule is Fc1ccc(-n2c3ccc(-c4cc[c]([Ge]([c]5ccccc5)([c]5ccccc5)[c]5ccccc5)cc4)cc3c3cc(N(c4ccc5c(c4)c4ccccc4n5-c4ccccc4)c4cccc5ccccc45)ccc32)cc1. The third kappa shape index (κ3) is 7.40. The van der Waals surface area contributed by atoms with Crippen LogP contribution < -0.4 is 22.5 Å². The molecule has 0 saturated carbocycles. The first-order valence-electron chi connectivity index (χ1n) is 25.6. The first kappa shape index (κ1) is 44.5. The van der Waals surface area contributed by atoms with Gasteiger partial charge in [0.05, 0.1) is 11.0 Å². The Kier molecular flexibility index (Phi) is 10.9. The third-order valence-corrected chi connectivity index (χ3v) is 25.4. The molecule has 14 aromatic rings. The molecular formula is C70H48FGeN3. The number of nitrogens with zero attached hydrogens (tertiary/aromatic N) is 3. The predicted molar refractivity (Wildman–Crippen MR) is 316 cm³/mol. The zero-order valence-corrected chi connectivity index (χ0v) is 43.0. The summed E-state index contributed by atoms with van der Waals surface area (Å²) in [7, 11) is 0. The van der Waals surface area contributed by atoms with E-state index in [1.54, 1.807) is 12.1 Å². The summed E-state index contributed by atoms with van der Waals surface area (Å²) in [6, 6.07) is 105. The number of anilines is 3. The van der Waals surface area contributed by atoms with Gasteiger partial charge in [-0.15, -0.1) is 0 Å². The Labute approximate surface area is 437 Å². The van der Waals surface area contributed by atoms with Gasteiger partial charge < -0.3 is 4.57 Å². The molecule has 12 aromatic carbocycles. The second-order valence-corrected chi connectivity index (χ2v) is 27.4. The fourth-order valence-electron chi connectivity index (χ4n) is 12.0. The van der Waals surface area contributed by atoms with E-state index in [4.69, 9.17) is 0 Å². The van der Waals surface area contributed by atoms with Gasteiger partial charge in [-0.05, 0) is 47.9 Å². The van der Waals surface area contributed by atoms with Crippen LogP contribution in [0, 0.1) is 5.82 Å². The quantitative estimate of drug-likeness (QED) is 0.124. The van der Waals surface area contributed by atoms with E-state index in [2.05, 4.69) is 281 Å². The second kappa shape index (κ2) is 18.4. The Balaban J connectivity index is 0.968. The molecule has 0 saturated heterocycles. The van der Waals surface area contributed by atoms with E-state index in [0.717, 1.165) is 72.3 Å². The van der Waals surface area contributed by atoms with Gasteiger partial charge in [0.2, 0.25) is 0 Å². The molecule has 75 heavy (non-hydrogen) atoms. The van der Waals surface area contributed by atoms with Gasteiger partial charge in [-0.25, -0.2) is 4.39 Å². The van der Waals surface area contributed by atoms with E-state index in [1.807, 2.05) is 12.1 Å². The summed E-state index contributed by atoms with van der Waals surface area (Å²) in [5, 5.41) is 6.92. The predicted octanol–water partition coefficient (Wildman–Crippen LogP) is 15.7. The van der Waals surface area contributed by atoms with Crippen LogP contribution >= 0.6 is 0 Å². The van der Waals surface area contributed by atoms with Crippen LogP contribution in [0.15, 0.2) is 291 Å². The molecule has 3 nitrogen and oxygen atoms in total. The Morgan fingerprint density at radius 1 is 0.293 bits per heavy atom. The van der Waals surface area contributed by atoms with Gasteiger partial charge in [-0.1, -0.05) is 72.8 Å². The van der Waals surface area contributed by atoms with Crippen LogP contribution in [0.2, 0.25) is 0 Å². The molecule has 0 aliphatic heterocycles. The topological polar surface area (TPSA) is 13.1 Å². The zero-order valence-electron chi connectivity index (χ0n) is 40.9. The Bertz CT molecular complexity index is 4300. The molecule has 354 valence electrons. The molecule has 0 aliphatic rings. The van der Waals surface area contributed by atoms with Crippen molar-refractivity contribution in [3.63, 3.8) is 0 Å². The number of rotatable bonds is 10. The zero-order chi connectivity index (χ0) is 49.9. The maximum absolute atomic E-state index is 14.6. The fourth-order valence-corrected chi connectivity index (χ4v) is 21.9. The molecule has 0 amide bonds. The summed E-state index contributed by atoms with van der Waals surface area (Å²) < 4.78 is 24.8. The van der Waals surface area contributed by atoms with E-state index in [1.165, 1.54) is 39.3 Å². The Hall–Kier alpha value is -9.23. The van der Waals surface area contributed by atoms with Crippen LogP contribution in [0.25, 0.3) is 76.9 Å². The van der Waals surface area contributed by atoms with E-state index in [-0.39, 0.29) is 5.82 Å². The summed E-state index contributed by atoms with van der Waals surface area (Å²) >= 11 is -3.47. The van der Waals surface area contributed by atoms with Crippen molar-refractivity contribution in [2.45, 2.75) is 0 Å². The molecule has 5 heteroatoms. The van der Waals surface area contributed by atoms with Crippen molar-refractivity contribution >= 4 is 102 Å². The van der Waals surface area contributed by atoms with Crippen molar-refractivity contribution in [1.29, 1.82) is 0 Å². The molecule has 0 bridgehead atoms. The van der Waals surface area contributed by atoms with Crippen LogP contribution in [-0.2, 0) is 0 Å². The monoisotopic (exact) mass is 1020 g/mol. The summed E-state index contributed by atoms with van der Waals surface area (Å²) in [5.74, 6) is -0.262. The van der Waals surface area contributed by atoms with Crippen LogP contribution in [0.4, 0.5) is 21.5 Å². The average Bonchev–Trinajstić information content (AvgIpc) is 4.01. The van der Waals surface area contributed by atoms with Gasteiger partial charge in [-0.2, -0.15) is 0 Å². The number of para-hydroxylation sites is 2. The molecule has 0 unspecified atom stereocenters. The normalized spacial score (nSPS) is 11.8. The minimum atomic E-state index is -3.47. The van der Waals surface area contributed by atoms with Crippen LogP contribution in [0.3, 0.4) is 0 Å². The number of aromatic nitrogens is 2. The fraction of sp³-hybridized carbons (Fsp3) is 0. The van der Waals surface area contributed by atoms with Crippen molar-refractivity contribution < 1.29 is 4.39 Å². The van der Waals surface area contributed by atoms with Crippen molar-refractivity contribution in [3.8, 4) is 22.5 Å². The third-order valence-electron chi connectivity index (χ3n) is 15.3. The molecule has 0 radical (unpaired) electrons. The van der Waals surface area contributed by atoms with Crippen LogP contribution in [0.1, 0.15) is 0 Å². The van der Waals surface area contributed by atoms with E-state index in [0.29, 0.717) is 0 Å². The number of hydrogen-bond acceptors (Lipinski definition) is 1. The Morgan fingerprint density at radius 2 is 0.720 bits per heavy atom. The average molecular weight is 1020 g/mol. The van der Waals surface area contributed by atoms with Crippen molar-refractivity contribution in [3.05, 3.63) is 297 Å². The Morgan fingerprint density at radius 3 is 1.32 bits per heavy atom. The molecule has 0 fully saturated rings. The van der Waals surface area contributed by atoms with E-state index < -0.39 is 13.3 Å². The maximum atomic E-state index is 14.6. The standard InChI is InChI=1S/C70H48FGeN3/c71-52-35-39-58(40-36-52)75-68-43-34-51(49-32-37-56(38-33-49)72(53-20-5-1-6-21-53,54-22-7-2-8-23-54)55-24-9-3-10-25-55)46-63(68)65-48-60(42-45-70(65)75)73(66-31-17-19-50-18-13-14-28-61(50)66)59-41-44-69-64(47-59)62-29-15-16-30-67(62)74(69)57-26-11-4-12-27-57/h1-48H. The summed E-state index contributed by atoms with van der Waals surface area (Å²) in [4.78, 5) is 2.42. The molecule has 2 heterocycles. The molecule has 0 N–H and O–H groups in total. The van der Waals surface area contributed by atoms with E-state index >= 15 is 0 Å². The van der Waals surface area contributed by atoms with Gasteiger partial charge in [0.1, 0.15) is 5.82 Å². The number of halogens is 1. The molecule has 0 aliphatic carbocycles. The van der Waals surface area contributed by atoms with Gasteiger partial charge in [0.15, 0.2) is 0 Å². The van der Waals surface area contributed by atoms with Crippen molar-refractivity contribution in [2.75, 3.05) is 4.90 Å².